The van der Waals surface area contributed by atoms with E-state index in [4.69, 9.17) is 23.9 Å². The van der Waals surface area contributed by atoms with E-state index < -0.39 is 0 Å². The molecule has 0 aliphatic carbocycles. The molecule has 0 saturated heterocycles. The van der Waals surface area contributed by atoms with E-state index in [0.717, 1.165) is 22.6 Å². The molecule has 1 rings (SSSR count). The monoisotopic (exact) mass is 222 g/mol. The topological polar surface area (TPSA) is 38.0 Å². The third-order valence-electron chi connectivity index (χ3n) is 2.46. The van der Waals surface area contributed by atoms with Gasteiger partial charge in [0.25, 0.3) is 0 Å². The Bertz CT molecular complexity index is 368. The van der Waals surface area contributed by atoms with Crippen LogP contribution in [0.5, 0.6) is 0 Å². The number of halogens is 1. The third-order valence-corrected chi connectivity index (χ3v) is 2.87. The van der Waals surface area contributed by atoms with Gasteiger partial charge in [0.05, 0.1) is 0 Å². The summed E-state index contributed by atoms with van der Waals surface area (Å²) < 4.78 is 0. The molecule has 0 bridgehead atoms. The number of hydrogen-bond acceptors (Lipinski definition) is 2. The lowest BCUT2D eigenvalue weighted by atomic mass is 9.98. The quantitative estimate of drug-likeness (QED) is 0.467. The Morgan fingerprint density at radius 1 is 1.60 bits per heavy atom. The van der Waals surface area contributed by atoms with Gasteiger partial charge in [0.15, 0.2) is 0 Å². The first-order chi connectivity index (χ1) is 7.20. The maximum Gasteiger partial charge on any atom is 0.0472 e. The predicted molar refractivity (Wildman–Crippen MR) is 64.3 cm³/mol. The summed E-state index contributed by atoms with van der Waals surface area (Å²) in [5, 5.41) is 0.758. The second-order valence-corrected chi connectivity index (χ2v) is 3.82. The number of rotatable bonds is 4. The van der Waals surface area contributed by atoms with Crippen molar-refractivity contribution < 1.29 is 0 Å². The summed E-state index contributed by atoms with van der Waals surface area (Å²) in [5.41, 5.74) is 4.93. The minimum atomic E-state index is 0.0692. The number of hydrogen-bond donors (Lipinski definition) is 2. The molecule has 0 aliphatic heterocycles. The van der Waals surface area contributed by atoms with Crippen LogP contribution in [0.1, 0.15) is 30.0 Å². The lowest BCUT2D eigenvalue weighted by Gasteiger charge is -2.18. The molecule has 1 aromatic carbocycles. The summed E-state index contributed by atoms with van der Waals surface area (Å²) >= 11 is 6.04. The highest BCUT2D eigenvalue weighted by Crippen LogP contribution is 2.26. The van der Waals surface area contributed by atoms with Crippen LogP contribution in [-0.4, -0.2) is 0 Å². The maximum absolute atomic E-state index is 6.04. The number of hydrazine groups is 1. The Morgan fingerprint density at radius 3 is 2.93 bits per heavy atom. The van der Waals surface area contributed by atoms with Crippen LogP contribution in [0, 0.1) is 19.3 Å². The van der Waals surface area contributed by atoms with E-state index in [1.807, 2.05) is 25.1 Å². The molecule has 1 unspecified atom stereocenters. The standard InChI is InChI=1S/C12H15ClN2/c1-3-4-8-12(15-14)10-6-5-7-11(13)9(10)2/h1,5-7,12,15H,4,8,14H2,2H3. The summed E-state index contributed by atoms with van der Waals surface area (Å²) in [6.45, 7) is 1.98. The molecule has 0 aliphatic rings. The van der Waals surface area contributed by atoms with E-state index >= 15 is 0 Å². The van der Waals surface area contributed by atoms with Gasteiger partial charge in [-0.25, -0.2) is 0 Å². The van der Waals surface area contributed by atoms with Gasteiger partial charge in [-0.3, -0.25) is 11.3 Å². The van der Waals surface area contributed by atoms with Crippen molar-refractivity contribution in [2.45, 2.75) is 25.8 Å². The van der Waals surface area contributed by atoms with Crippen molar-refractivity contribution in [1.29, 1.82) is 0 Å². The van der Waals surface area contributed by atoms with Crippen LogP contribution in [0.3, 0.4) is 0 Å². The minimum absolute atomic E-state index is 0.0692. The van der Waals surface area contributed by atoms with Crippen LogP contribution in [0.15, 0.2) is 18.2 Å². The van der Waals surface area contributed by atoms with Crippen LogP contribution in [0.25, 0.3) is 0 Å². The van der Waals surface area contributed by atoms with E-state index in [1.165, 1.54) is 0 Å². The molecule has 0 heterocycles. The molecule has 15 heavy (non-hydrogen) atoms. The normalized spacial score (nSPS) is 12.1. The smallest absolute Gasteiger partial charge is 0.0472 e. The Morgan fingerprint density at radius 2 is 2.33 bits per heavy atom. The molecular formula is C12H15ClN2. The van der Waals surface area contributed by atoms with Crippen LogP contribution < -0.4 is 11.3 Å². The van der Waals surface area contributed by atoms with Gasteiger partial charge in [-0.05, 0) is 30.5 Å². The molecule has 1 atom stereocenters. The van der Waals surface area contributed by atoms with Crippen molar-refractivity contribution in [2.24, 2.45) is 5.84 Å². The van der Waals surface area contributed by atoms with Gasteiger partial charge < -0.3 is 0 Å². The number of terminal acetylenes is 1. The fourth-order valence-corrected chi connectivity index (χ4v) is 1.74. The molecule has 2 nitrogen and oxygen atoms in total. The Hall–Kier alpha value is -1.01. The zero-order chi connectivity index (χ0) is 11.3. The second-order valence-electron chi connectivity index (χ2n) is 3.42. The van der Waals surface area contributed by atoms with Crippen molar-refractivity contribution in [2.75, 3.05) is 0 Å². The predicted octanol–water partition coefficient (Wildman–Crippen LogP) is 2.57. The highest BCUT2D eigenvalue weighted by molar-refractivity contribution is 6.31. The summed E-state index contributed by atoms with van der Waals surface area (Å²) in [4.78, 5) is 0. The van der Waals surface area contributed by atoms with Gasteiger partial charge in [-0.2, -0.15) is 0 Å². The Balaban J connectivity index is 2.92. The van der Waals surface area contributed by atoms with Gasteiger partial charge in [0.1, 0.15) is 0 Å². The molecule has 0 aromatic heterocycles. The van der Waals surface area contributed by atoms with Gasteiger partial charge in [0.2, 0.25) is 0 Å². The van der Waals surface area contributed by atoms with Crippen LogP contribution in [0.4, 0.5) is 0 Å². The van der Waals surface area contributed by atoms with Crippen LogP contribution in [-0.2, 0) is 0 Å². The van der Waals surface area contributed by atoms with Gasteiger partial charge in [-0.15, -0.1) is 12.3 Å². The molecule has 0 fully saturated rings. The molecule has 0 amide bonds. The number of benzene rings is 1. The first kappa shape index (κ1) is 12.1. The molecule has 3 heteroatoms. The average Bonchev–Trinajstić information content (AvgIpc) is 2.25. The summed E-state index contributed by atoms with van der Waals surface area (Å²) in [7, 11) is 0. The van der Waals surface area contributed by atoms with Crippen molar-refractivity contribution in [3.05, 3.63) is 34.3 Å². The lowest BCUT2D eigenvalue weighted by Crippen LogP contribution is -2.28. The van der Waals surface area contributed by atoms with E-state index in [9.17, 15) is 0 Å². The average molecular weight is 223 g/mol. The molecular weight excluding hydrogens is 208 g/mol. The number of nitrogens with two attached hydrogens (primary N) is 1. The van der Waals surface area contributed by atoms with E-state index in [0.29, 0.717) is 6.42 Å². The van der Waals surface area contributed by atoms with Crippen molar-refractivity contribution in [3.63, 3.8) is 0 Å². The van der Waals surface area contributed by atoms with Crippen molar-refractivity contribution >= 4 is 11.6 Å². The fraction of sp³-hybridized carbons (Fsp3) is 0.333. The third kappa shape index (κ3) is 2.97. The highest BCUT2D eigenvalue weighted by Gasteiger charge is 2.12. The fourth-order valence-electron chi connectivity index (χ4n) is 1.56. The van der Waals surface area contributed by atoms with Gasteiger partial charge >= 0.3 is 0 Å². The molecule has 0 spiro atoms. The highest BCUT2D eigenvalue weighted by atomic mass is 35.5. The first-order valence-corrected chi connectivity index (χ1v) is 5.23. The summed E-state index contributed by atoms with van der Waals surface area (Å²) in [5.74, 6) is 8.11. The SMILES string of the molecule is C#CCCC(NN)c1cccc(Cl)c1C. The van der Waals surface area contributed by atoms with E-state index in [-0.39, 0.29) is 6.04 Å². The van der Waals surface area contributed by atoms with Crippen molar-refractivity contribution in [1.82, 2.24) is 5.43 Å². The molecule has 80 valence electrons. The van der Waals surface area contributed by atoms with Crippen molar-refractivity contribution in [3.8, 4) is 12.3 Å². The Kier molecular flexibility index (Phi) is 4.64. The Labute approximate surface area is 95.8 Å². The largest absolute Gasteiger partial charge is 0.271 e. The molecule has 1 aromatic rings. The first-order valence-electron chi connectivity index (χ1n) is 4.85. The second kappa shape index (κ2) is 5.77. The lowest BCUT2D eigenvalue weighted by molar-refractivity contribution is 0.521. The summed E-state index contributed by atoms with van der Waals surface area (Å²) in [6.07, 6.45) is 6.74. The zero-order valence-electron chi connectivity index (χ0n) is 8.76. The van der Waals surface area contributed by atoms with Gasteiger partial charge in [0, 0.05) is 17.5 Å². The molecule has 0 radical (unpaired) electrons. The minimum Gasteiger partial charge on any atom is -0.271 e. The molecule has 3 N–H and O–H groups in total. The maximum atomic E-state index is 6.04. The van der Waals surface area contributed by atoms with E-state index in [2.05, 4.69) is 11.3 Å². The summed E-state index contributed by atoms with van der Waals surface area (Å²) in [6, 6.07) is 5.88. The van der Waals surface area contributed by atoms with Gasteiger partial charge in [-0.1, -0.05) is 23.7 Å². The molecule has 0 saturated carbocycles. The zero-order valence-corrected chi connectivity index (χ0v) is 9.51. The number of nitrogens with one attached hydrogen (secondary N) is 1. The van der Waals surface area contributed by atoms with Crippen LogP contribution >= 0.6 is 11.6 Å². The van der Waals surface area contributed by atoms with E-state index in [1.54, 1.807) is 0 Å². The van der Waals surface area contributed by atoms with Crippen LogP contribution in [0.2, 0.25) is 5.02 Å².